The number of guanidine groups is 1. The largest absolute Gasteiger partial charge is 0.370 e. The van der Waals surface area contributed by atoms with Crippen molar-refractivity contribution in [1.29, 1.82) is 0 Å². The van der Waals surface area contributed by atoms with Crippen molar-refractivity contribution in [2.24, 2.45) is 28.1 Å². The van der Waals surface area contributed by atoms with E-state index in [-0.39, 0.29) is 36.3 Å². The Morgan fingerprint density at radius 1 is 0.781 bits per heavy atom. The fraction of sp³-hybridized carbons (Fsp3) is 0.587. The molecule has 2 saturated heterocycles. The summed E-state index contributed by atoms with van der Waals surface area (Å²) in [5, 5.41) is 14.2. The van der Waals surface area contributed by atoms with Crippen molar-refractivity contribution in [3.63, 3.8) is 0 Å². The van der Waals surface area contributed by atoms with Gasteiger partial charge in [-0.15, -0.1) is 0 Å². The molecule has 6 amide bonds. The van der Waals surface area contributed by atoms with Crippen LogP contribution in [0.3, 0.4) is 0 Å². The van der Waals surface area contributed by atoms with Crippen LogP contribution in [0.2, 0.25) is 0 Å². The molecule has 3 aliphatic rings. The number of carbonyl (C=O) groups is 6. The van der Waals surface area contributed by atoms with E-state index in [1.807, 2.05) is 42.5 Å². The molecule has 0 radical (unpaired) electrons. The molecule has 18 nitrogen and oxygen atoms in total. The number of nitrogens with two attached hydrogens (primary N) is 3. The van der Waals surface area contributed by atoms with E-state index in [0.29, 0.717) is 73.7 Å². The third-order valence-corrected chi connectivity index (χ3v) is 12.4. The highest BCUT2D eigenvalue weighted by atomic mass is 16.2. The Labute approximate surface area is 377 Å². The molecule has 2 aromatic carbocycles. The standard InChI is InChI=1S/C46H70N12O6/c1-31(42(61)55-38(15-7-9-23-47)45(64)52-32(2)59)51-44(63)37(16-11-24-50-46(48)49)53-34-21-28-56(29-22-34)25-10-8-12-33-19-26-57(27-20-33)30-41(60)58-39-17-5-3-13-35(39)43(62)54-36-14-4-6-18-40(36)58/h3-6,13-14,17-18,31,33-34,37-38,53H,7-12,15-16,19-30,47H2,1-2H3,(H,51,63)(H,54,62)(H,55,61)(H4,48,49,50)(H,52,59,64)/t31-,37-,38-/m0/s1. The maximum Gasteiger partial charge on any atom is 0.257 e. The average molecular weight is 887 g/mol. The third-order valence-electron chi connectivity index (χ3n) is 12.4. The van der Waals surface area contributed by atoms with Crippen molar-refractivity contribution >= 4 is 58.5 Å². The van der Waals surface area contributed by atoms with Crippen molar-refractivity contribution in [2.75, 3.05) is 62.6 Å². The highest BCUT2D eigenvalue weighted by Gasteiger charge is 2.32. The molecule has 0 unspecified atom stereocenters. The van der Waals surface area contributed by atoms with Crippen LogP contribution >= 0.6 is 0 Å². The van der Waals surface area contributed by atoms with Crippen LogP contribution < -0.4 is 48.7 Å². The molecule has 18 heteroatoms. The number of nitrogens with one attached hydrogen (secondary N) is 5. The Morgan fingerprint density at radius 2 is 1.45 bits per heavy atom. The number of anilines is 3. The van der Waals surface area contributed by atoms with Crippen LogP contribution in [0.25, 0.3) is 0 Å². The van der Waals surface area contributed by atoms with Gasteiger partial charge in [-0.1, -0.05) is 37.1 Å². The van der Waals surface area contributed by atoms with E-state index < -0.39 is 35.8 Å². The summed E-state index contributed by atoms with van der Waals surface area (Å²) in [4.78, 5) is 88.3. The number of para-hydroxylation sites is 3. The Morgan fingerprint density at radius 3 is 2.16 bits per heavy atom. The van der Waals surface area contributed by atoms with E-state index in [9.17, 15) is 28.8 Å². The summed E-state index contributed by atoms with van der Waals surface area (Å²) in [5.74, 6) is -1.66. The van der Waals surface area contributed by atoms with Gasteiger partial charge < -0.3 is 43.4 Å². The summed E-state index contributed by atoms with van der Waals surface area (Å²) in [6.07, 6.45) is 9.82. The van der Waals surface area contributed by atoms with Crippen LogP contribution in [0.1, 0.15) is 101 Å². The van der Waals surface area contributed by atoms with E-state index in [4.69, 9.17) is 17.2 Å². The van der Waals surface area contributed by atoms with Gasteiger partial charge in [0, 0.05) is 19.5 Å². The summed E-state index contributed by atoms with van der Waals surface area (Å²) in [7, 11) is 0. The van der Waals surface area contributed by atoms with Crippen LogP contribution in [-0.2, 0) is 24.0 Å². The number of likely N-dealkylation sites (tertiary alicyclic amines) is 2. The van der Waals surface area contributed by atoms with Gasteiger partial charge in [-0.2, -0.15) is 0 Å². The summed E-state index contributed by atoms with van der Waals surface area (Å²) >= 11 is 0. The van der Waals surface area contributed by atoms with Gasteiger partial charge >= 0.3 is 0 Å². The van der Waals surface area contributed by atoms with Gasteiger partial charge in [0.15, 0.2) is 5.96 Å². The second-order valence-electron chi connectivity index (χ2n) is 17.3. The van der Waals surface area contributed by atoms with E-state index in [1.165, 1.54) is 6.92 Å². The van der Waals surface area contributed by atoms with Crippen molar-refractivity contribution in [2.45, 2.75) is 115 Å². The number of piperidine rings is 2. The predicted octanol–water partition coefficient (Wildman–Crippen LogP) is 2.06. The van der Waals surface area contributed by atoms with Gasteiger partial charge in [0.1, 0.15) is 12.1 Å². The van der Waals surface area contributed by atoms with Gasteiger partial charge in [-0.05, 0) is 141 Å². The molecule has 64 heavy (non-hydrogen) atoms. The zero-order chi connectivity index (χ0) is 46.0. The monoisotopic (exact) mass is 887 g/mol. The number of rotatable bonds is 22. The van der Waals surface area contributed by atoms with Crippen molar-refractivity contribution in [3.05, 3.63) is 54.1 Å². The summed E-state index contributed by atoms with van der Waals surface area (Å²) in [6, 6.07) is 12.3. The van der Waals surface area contributed by atoms with Gasteiger partial charge in [0.05, 0.1) is 35.2 Å². The molecular formula is C46H70N12O6. The molecule has 0 aromatic heterocycles. The fourth-order valence-electron chi connectivity index (χ4n) is 8.79. The Bertz CT molecular complexity index is 1930. The average Bonchev–Trinajstić information content (AvgIpc) is 3.40. The van der Waals surface area contributed by atoms with Gasteiger partial charge in [-0.3, -0.25) is 48.9 Å². The molecule has 5 rings (SSSR count). The maximum atomic E-state index is 13.9. The van der Waals surface area contributed by atoms with Crippen molar-refractivity contribution in [3.8, 4) is 0 Å². The number of fused-ring (bicyclic) bond motifs is 2. The molecule has 3 atom stereocenters. The second kappa shape index (κ2) is 25.2. The molecule has 2 fully saturated rings. The molecular weight excluding hydrogens is 817 g/mol. The number of hydrogen-bond donors (Lipinski definition) is 8. The molecule has 3 heterocycles. The van der Waals surface area contributed by atoms with Crippen LogP contribution in [0.15, 0.2) is 53.5 Å². The molecule has 11 N–H and O–H groups in total. The minimum Gasteiger partial charge on any atom is -0.370 e. The van der Waals surface area contributed by atoms with Gasteiger partial charge in [0.2, 0.25) is 29.5 Å². The Kier molecular flexibility index (Phi) is 19.5. The molecule has 2 aromatic rings. The first kappa shape index (κ1) is 49.6. The first-order valence-corrected chi connectivity index (χ1v) is 23.0. The van der Waals surface area contributed by atoms with Gasteiger partial charge in [-0.25, -0.2) is 0 Å². The number of imide groups is 1. The summed E-state index contributed by atoms with van der Waals surface area (Å²) < 4.78 is 0. The number of benzene rings is 2. The van der Waals surface area contributed by atoms with E-state index >= 15 is 0 Å². The van der Waals surface area contributed by atoms with E-state index in [1.54, 1.807) is 17.9 Å². The lowest BCUT2D eigenvalue weighted by Crippen LogP contribution is -2.57. The number of aliphatic imine (C=N–C) groups is 1. The normalized spacial score (nSPS) is 17.4. The first-order chi connectivity index (χ1) is 30.8. The SMILES string of the molecule is CC(=O)NC(=O)[C@H](CCCCN)NC(=O)[C@H](C)NC(=O)[C@H](CCCN=C(N)N)NC1CCN(CCCCC2CCN(CC(=O)N3c4ccccc4NC(=O)c4ccccc43)CC2)CC1. The molecule has 0 bridgehead atoms. The molecule has 0 aliphatic carbocycles. The number of hydrogen-bond acceptors (Lipinski definition) is 11. The Hall–Kier alpha value is -5.43. The molecule has 0 saturated carbocycles. The van der Waals surface area contributed by atoms with Crippen LogP contribution in [0, 0.1) is 5.92 Å². The summed E-state index contributed by atoms with van der Waals surface area (Å²) in [6.45, 7) is 8.44. The number of amides is 6. The summed E-state index contributed by atoms with van der Waals surface area (Å²) in [5.41, 5.74) is 19.0. The fourth-order valence-corrected chi connectivity index (χ4v) is 8.79. The maximum absolute atomic E-state index is 13.9. The minimum absolute atomic E-state index is 0.0167. The lowest BCUT2D eigenvalue weighted by molar-refractivity contribution is -0.134. The Balaban J connectivity index is 1.02. The van der Waals surface area contributed by atoms with Crippen LogP contribution in [0.5, 0.6) is 0 Å². The first-order valence-electron chi connectivity index (χ1n) is 23.0. The lowest BCUT2D eigenvalue weighted by atomic mass is 9.91. The molecule has 3 aliphatic heterocycles. The van der Waals surface area contributed by atoms with Crippen LogP contribution in [-0.4, -0.2) is 128 Å². The van der Waals surface area contributed by atoms with Gasteiger partial charge in [0.25, 0.3) is 5.91 Å². The highest BCUT2D eigenvalue weighted by Crippen LogP contribution is 2.38. The predicted molar refractivity (Wildman–Crippen MR) is 249 cm³/mol. The number of unbranched alkanes of at least 4 members (excludes halogenated alkanes) is 2. The number of nitrogens with zero attached hydrogens (tertiary/aromatic N) is 4. The van der Waals surface area contributed by atoms with Crippen LogP contribution in [0.4, 0.5) is 17.1 Å². The second-order valence-corrected chi connectivity index (χ2v) is 17.3. The van der Waals surface area contributed by atoms with E-state index in [0.717, 1.165) is 77.7 Å². The molecule has 0 spiro atoms. The molecule has 350 valence electrons. The lowest BCUT2D eigenvalue weighted by Gasteiger charge is -2.35. The zero-order valence-corrected chi connectivity index (χ0v) is 37.6. The van der Waals surface area contributed by atoms with Crippen molar-refractivity contribution in [1.82, 2.24) is 31.1 Å². The number of carbonyl (C=O) groups excluding carboxylic acids is 6. The van der Waals surface area contributed by atoms with E-state index in [2.05, 4.69) is 41.4 Å². The minimum atomic E-state index is -0.939. The topological polar surface area (TPSA) is 263 Å². The van der Waals surface area contributed by atoms with Crippen molar-refractivity contribution < 1.29 is 28.8 Å². The smallest absolute Gasteiger partial charge is 0.257 e. The highest BCUT2D eigenvalue weighted by molar-refractivity contribution is 6.18. The third kappa shape index (κ3) is 15.1. The quantitative estimate of drug-likeness (QED) is 0.0480. The zero-order valence-electron chi connectivity index (χ0n) is 37.6.